The summed E-state index contributed by atoms with van der Waals surface area (Å²) in [4.78, 5) is 16.5. The molecule has 0 bridgehead atoms. The Balaban J connectivity index is 1.62. The molecule has 6 heteroatoms. The number of likely N-dealkylation sites (N-methyl/N-ethyl adjacent to an activating group) is 1. The number of aromatic amines is 1. The second-order valence-electron chi connectivity index (χ2n) is 7.89. The molecule has 1 aliphatic rings. The van der Waals surface area contributed by atoms with Crippen molar-refractivity contribution < 1.29 is 5.11 Å². The second-order valence-corrected chi connectivity index (χ2v) is 7.89. The molecule has 2 aromatic rings. The maximum atomic E-state index is 9.96. The molecule has 0 aromatic carbocycles. The minimum atomic E-state index is -0.635. The molecule has 2 aromatic heterocycles. The number of anilines is 1. The fourth-order valence-electron chi connectivity index (χ4n) is 4.04. The predicted molar refractivity (Wildman–Crippen MR) is 97.2 cm³/mol. The van der Waals surface area contributed by atoms with Crippen LogP contribution in [0.3, 0.4) is 0 Å². The van der Waals surface area contributed by atoms with E-state index in [0.717, 1.165) is 23.4 Å². The van der Waals surface area contributed by atoms with Crippen molar-refractivity contribution in [2.75, 3.05) is 32.1 Å². The number of hydrogen-bond donors (Lipinski definition) is 2. The molecule has 1 fully saturated rings. The van der Waals surface area contributed by atoms with Crippen LogP contribution in [0.4, 0.5) is 5.82 Å². The van der Waals surface area contributed by atoms with Gasteiger partial charge in [-0.1, -0.05) is 0 Å². The highest BCUT2D eigenvalue weighted by Crippen LogP contribution is 2.33. The molecule has 0 radical (unpaired) electrons. The van der Waals surface area contributed by atoms with Crippen molar-refractivity contribution in [2.24, 2.45) is 5.92 Å². The summed E-state index contributed by atoms with van der Waals surface area (Å²) in [6, 6.07) is 2.56. The molecular formula is C18H29N5O. The van der Waals surface area contributed by atoms with Crippen LogP contribution < -0.4 is 4.90 Å². The van der Waals surface area contributed by atoms with Crippen LogP contribution in [-0.4, -0.2) is 63.8 Å². The maximum Gasteiger partial charge on any atom is 0.142 e. The number of fused-ring (bicyclic) bond motifs is 1. The van der Waals surface area contributed by atoms with Gasteiger partial charge in [0.15, 0.2) is 0 Å². The highest BCUT2D eigenvalue weighted by molar-refractivity contribution is 5.87. The van der Waals surface area contributed by atoms with Gasteiger partial charge in [0.25, 0.3) is 0 Å². The van der Waals surface area contributed by atoms with E-state index in [1.54, 1.807) is 6.33 Å². The first-order chi connectivity index (χ1) is 11.3. The van der Waals surface area contributed by atoms with Crippen molar-refractivity contribution in [2.45, 2.75) is 44.8 Å². The Bertz CT molecular complexity index is 677. The van der Waals surface area contributed by atoms with E-state index in [9.17, 15) is 5.11 Å². The van der Waals surface area contributed by atoms with E-state index in [0.29, 0.717) is 18.5 Å². The SMILES string of the molecule is CN(CC1CCC(N(C)c2ncnc3[nH]ccc23)C1)CC(C)(C)O. The Morgan fingerprint density at radius 3 is 2.83 bits per heavy atom. The first-order valence-electron chi connectivity index (χ1n) is 8.75. The third-order valence-corrected chi connectivity index (χ3v) is 4.96. The lowest BCUT2D eigenvalue weighted by Gasteiger charge is -2.29. The number of aromatic nitrogens is 3. The molecule has 2 atom stereocenters. The summed E-state index contributed by atoms with van der Waals surface area (Å²) in [5.74, 6) is 1.69. The van der Waals surface area contributed by atoms with Crippen LogP contribution in [0, 0.1) is 5.92 Å². The molecule has 1 aliphatic carbocycles. The zero-order valence-electron chi connectivity index (χ0n) is 15.2. The van der Waals surface area contributed by atoms with E-state index in [4.69, 9.17) is 0 Å². The molecule has 1 saturated carbocycles. The molecule has 6 nitrogen and oxygen atoms in total. The topological polar surface area (TPSA) is 68.3 Å². The van der Waals surface area contributed by atoms with Crippen LogP contribution >= 0.6 is 0 Å². The third-order valence-electron chi connectivity index (χ3n) is 4.96. The monoisotopic (exact) mass is 331 g/mol. The Morgan fingerprint density at radius 2 is 2.08 bits per heavy atom. The van der Waals surface area contributed by atoms with Crippen molar-refractivity contribution >= 4 is 16.9 Å². The Labute approximate surface area is 143 Å². The fourth-order valence-corrected chi connectivity index (χ4v) is 4.04. The van der Waals surface area contributed by atoms with Crippen molar-refractivity contribution in [1.29, 1.82) is 0 Å². The van der Waals surface area contributed by atoms with Gasteiger partial charge in [-0.2, -0.15) is 0 Å². The largest absolute Gasteiger partial charge is 0.389 e. The van der Waals surface area contributed by atoms with E-state index >= 15 is 0 Å². The van der Waals surface area contributed by atoms with Gasteiger partial charge in [0.2, 0.25) is 0 Å². The number of aliphatic hydroxyl groups is 1. The molecule has 132 valence electrons. The number of H-pyrrole nitrogens is 1. The summed E-state index contributed by atoms with van der Waals surface area (Å²) in [7, 11) is 4.24. The van der Waals surface area contributed by atoms with Gasteiger partial charge < -0.3 is 19.9 Å². The summed E-state index contributed by atoms with van der Waals surface area (Å²) in [6.45, 7) is 5.48. The van der Waals surface area contributed by atoms with Gasteiger partial charge in [-0.3, -0.25) is 0 Å². The lowest BCUT2D eigenvalue weighted by Crippen LogP contribution is -2.38. The number of nitrogens with zero attached hydrogens (tertiary/aromatic N) is 4. The lowest BCUT2D eigenvalue weighted by molar-refractivity contribution is 0.0404. The van der Waals surface area contributed by atoms with E-state index in [1.165, 1.54) is 19.3 Å². The molecule has 0 saturated heterocycles. The van der Waals surface area contributed by atoms with Crippen molar-refractivity contribution in [3.05, 3.63) is 18.6 Å². The normalized spacial score (nSPS) is 21.8. The second kappa shape index (κ2) is 6.69. The van der Waals surface area contributed by atoms with Crippen molar-refractivity contribution in [1.82, 2.24) is 19.9 Å². The minimum absolute atomic E-state index is 0.513. The standard InChI is InChI=1S/C18H29N5O/c1-18(2,24)11-22(3)10-13-5-6-14(9-13)23(4)17-15-7-8-19-16(15)20-12-21-17/h7-8,12-14,24H,5-6,9-11H2,1-4H3,(H,19,20,21). The first kappa shape index (κ1) is 17.2. The van der Waals surface area contributed by atoms with Gasteiger partial charge >= 0.3 is 0 Å². The van der Waals surface area contributed by atoms with Crippen LogP contribution in [-0.2, 0) is 0 Å². The Kier molecular flexibility index (Phi) is 4.78. The van der Waals surface area contributed by atoms with Crippen LogP contribution in [0.1, 0.15) is 33.1 Å². The highest BCUT2D eigenvalue weighted by Gasteiger charge is 2.30. The summed E-state index contributed by atoms with van der Waals surface area (Å²) in [6.07, 6.45) is 7.14. The molecule has 24 heavy (non-hydrogen) atoms. The lowest BCUT2D eigenvalue weighted by atomic mass is 10.1. The molecule has 0 spiro atoms. The highest BCUT2D eigenvalue weighted by atomic mass is 16.3. The zero-order chi connectivity index (χ0) is 17.3. The number of rotatable bonds is 6. The maximum absolute atomic E-state index is 9.96. The average Bonchev–Trinajstić information content (AvgIpc) is 3.12. The minimum Gasteiger partial charge on any atom is -0.389 e. The molecule has 3 rings (SSSR count). The summed E-state index contributed by atoms with van der Waals surface area (Å²) in [5, 5.41) is 11.0. The predicted octanol–water partition coefficient (Wildman–Crippen LogP) is 2.27. The van der Waals surface area contributed by atoms with Crippen molar-refractivity contribution in [3.8, 4) is 0 Å². The molecule has 0 amide bonds. The van der Waals surface area contributed by atoms with Gasteiger partial charge in [-0.15, -0.1) is 0 Å². The van der Waals surface area contributed by atoms with E-state index in [-0.39, 0.29) is 0 Å². The average molecular weight is 331 g/mol. The fraction of sp³-hybridized carbons (Fsp3) is 0.667. The van der Waals surface area contributed by atoms with E-state index in [2.05, 4.69) is 38.8 Å². The number of nitrogens with one attached hydrogen (secondary N) is 1. The van der Waals surface area contributed by atoms with Gasteiger partial charge in [-0.25, -0.2) is 9.97 Å². The first-order valence-corrected chi connectivity index (χ1v) is 8.75. The smallest absolute Gasteiger partial charge is 0.142 e. The van der Waals surface area contributed by atoms with Crippen molar-refractivity contribution in [3.63, 3.8) is 0 Å². The quantitative estimate of drug-likeness (QED) is 0.850. The third kappa shape index (κ3) is 3.87. The van der Waals surface area contributed by atoms with Gasteiger partial charge in [0, 0.05) is 32.4 Å². The van der Waals surface area contributed by atoms with Gasteiger partial charge in [0.1, 0.15) is 17.8 Å². The Morgan fingerprint density at radius 1 is 1.29 bits per heavy atom. The van der Waals surface area contributed by atoms with Crippen LogP contribution in [0.15, 0.2) is 18.6 Å². The van der Waals surface area contributed by atoms with Crippen LogP contribution in [0.25, 0.3) is 11.0 Å². The summed E-state index contributed by atoms with van der Waals surface area (Å²) < 4.78 is 0. The number of hydrogen-bond acceptors (Lipinski definition) is 5. The molecule has 2 N–H and O–H groups in total. The van der Waals surface area contributed by atoms with Crippen LogP contribution in [0.2, 0.25) is 0 Å². The molecule has 2 heterocycles. The summed E-state index contributed by atoms with van der Waals surface area (Å²) in [5.41, 5.74) is 0.260. The molecule has 0 aliphatic heterocycles. The molecule has 2 unspecified atom stereocenters. The molecular weight excluding hydrogens is 302 g/mol. The van der Waals surface area contributed by atoms with Gasteiger partial charge in [0.05, 0.1) is 11.0 Å². The van der Waals surface area contributed by atoms with E-state index < -0.39 is 5.60 Å². The summed E-state index contributed by atoms with van der Waals surface area (Å²) >= 11 is 0. The Hall–Kier alpha value is -1.66. The zero-order valence-corrected chi connectivity index (χ0v) is 15.2. The van der Waals surface area contributed by atoms with E-state index in [1.807, 2.05) is 26.1 Å². The van der Waals surface area contributed by atoms with Gasteiger partial charge in [-0.05, 0) is 52.1 Å². The van der Waals surface area contributed by atoms with Crippen LogP contribution in [0.5, 0.6) is 0 Å².